The Morgan fingerprint density at radius 1 is 0.957 bits per heavy atom. The molecule has 1 rings (SSSR count). The van der Waals surface area contributed by atoms with Crippen LogP contribution in [0.3, 0.4) is 0 Å². The van der Waals surface area contributed by atoms with Crippen molar-refractivity contribution in [3.05, 3.63) is 12.7 Å². The number of rotatable bonds is 13. The highest BCUT2D eigenvalue weighted by Gasteiger charge is 2.38. The van der Waals surface area contributed by atoms with Crippen molar-refractivity contribution in [2.75, 3.05) is 19.8 Å². The first-order chi connectivity index (χ1) is 11.2. The van der Waals surface area contributed by atoms with Crippen LogP contribution in [0, 0.1) is 0 Å². The van der Waals surface area contributed by atoms with Gasteiger partial charge in [0.1, 0.15) is 24.4 Å². The van der Waals surface area contributed by atoms with Crippen molar-refractivity contribution in [2.45, 2.75) is 82.2 Å². The molecule has 1 aliphatic heterocycles. The first-order valence-corrected chi connectivity index (χ1v) is 9.01. The van der Waals surface area contributed by atoms with Gasteiger partial charge >= 0.3 is 0 Å². The van der Waals surface area contributed by atoms with Crippen molar-refractivity contribution in [3.63, 3.8) is 0 Å². The van der Waals surface area contributed by atoms with Gasteiger partial charge in [-0.25, -0.2) is 0 Å². The van der Waals surface area contributed by atoms with E-state index in [0.717, 1.165) is 19.3 Å². The van der Waals surface area contributed by atoms with Crippen LogP contribution in [0.4, 0.5) is 0 Å². The predicted molar refractivity (Wildman–Crippen MR) is 90.3 cm³/mol. The third-order valence-corrected chi connectivity index (χ3v) is 4.40. The lowest BCUT2D eigenvalue weighted by atomic mass is 10.0. The molecule has 4 atom stereocenters. The molecule has 1 aliphatic rings. The normalized spacial score (nSPS) is 28.0. The molecular formula is C18H34O5. The summed E-state index contributed by atoms with van der Waals surface area (Å²) in [5, 5.41) is 28.7. The summed E-state index contributed by atoms with van der Waals surface area (Å²) in [5.41, 5.74) is 0. The molecule has 0 aromatic rings. The van der Waals surface area contributed by atoms with Gasteiger partial charge in [0.05, 0.1) is 13.2 Å². The average molecular weight is 330 g/mol. The summed E-state index contributed by atoms with van der Waals surface area (Å²) in [7, 11) is 0. The fourth-order valence-corrected chi connectivity index (χ4v) is 2.85. The molecule has 5 nitrogen and oxygen atoms in total. The van der Waals surface area contributed by atoms with Gasteiger partial charge in [0.15, 0.2) is 0 Å². The van der Waals surface area contributed by atoms with Crippen LogP contribution in [0.1, 0.15) is 57.8 Å². The fourth-order valence-electron chi connectivity index (χ4n) is 2.85. The molecule has 5 heteroatoms. The van der Waals surface area contributed by atoms with Crippen LogP contribution in [0.25, 0.3) is 0 Å². The van der Waals surface area contributed by atoms with E-state index in [0.29, 0.717) is 6.61 Å². The lowest BCUT2D eigenvalue weighted by Crippen LogP contribution is -2.55. The third-order valence-electron chi connectivity index (χ3n) is 4.40. The Morgan fingerprint density at radius 2 is 1.57 bits per heavy atom. The Morgan fingerprint density at radius 3 is 2.17 bits per heavy atom. The summed E-state index contributed by atoms with van der Waals surface area (Å²) < 4.78 is 10.9. The van der Waals surface area contributed by atoms with Gasteiger partial charge in [0.2, 0.25) is 0 Å². The molecule has 0 amide bonds. The van der Waals surface area contributed by atoms with E-state index >= 15 is 0 Å². The van der Waals surface area contributed by atoms with Gasteiger partial charge in [0, 0.05) is 6.61 Å². The largest absolute Gasteiger partial charge is 0.394 e. The summed E-state index contributed by atoms with van der Waals surface area (Å²) in [6, 6.07) is 0. The monoisotopic (exact) mass is 330 g/mol. The molecule has 0 radical (unpaired) electrons. The minimum absolute atomic E-state index is 0.216. The van der Waals surface area contributed by atoms with Gasteiger partial charge in [-0.1, -0.05) is 44.6 Å². The highest BCUT2D eigenvalue weighted by molar-refractivity contribution is 4.87. The summed E-state index contributed by atoms with van der Waals surface area (Å²) in [4.78, 5) is 0. The SMILES string of the molecule is C=CCCCCCCCCCCO[C@@H]1CO[C@@H](CO)[C@H](O)[C@H]1O. The van der Waals surface area contributed by atoms with E-state index < -0.39 is 24.4 Å². The molecule has 0 spiro atoms. The number of ether oxygens (including phenoxy) is 2. The maximum absolute atomic E-state index is 9.93. The summed E-state index contributed by atoms with van der Waals surface area (Å²) >= 11 is 0. The molecule has 136 valence electrons. The van der Waals surface area contributed by atoms with Crippen LogP contribution in [-0.4, -0.2) is 59.6 Å². The Balaban J connectivity index is 1.94. The number of hydrogen-bond acceptors (Lipinski definition) is 5. The number of allylic oxidation sites excluding steroid dienone is 1. The second-order valence-electron chi connectivity index (χ2n) is 6.35. The van der Waals surface area contributed by atoms with Crippen LogP contribution in [-0.2, 0) is 9.47 Å². The Kier molecular flexibility index (Phi) is 11.5. The molecule has 1 fully saturated rings. The van der Waals surface area contributed by atoms with Crippen molar-refractivity contribution in [3.8, 4) is 0 Å². The van der Waals surface area contributed by atoms with Crippen molar-refractivity contribution in [1.29, 1.82) is 0 Å². The zero-order valence-electron chi connectivity index (χ0n) is 14.2. The van der Waals surface area contributed by atoms with Gasteiger partial charge in [-0.05, 0) is 19.3 Å². The van der Waals surface area contributed by atoms with Crippen molar-refractivity contribution in [1.82, 2.24) is 0 Å². The molecule has 0 unspecified atom stereocenters. The van der Waals surface area contributed by atoms with Crippen molar-refractivity contribution in [2.24, 2.45) is 0 Å². The predicted octanol–water partition coefficient (Wildman–Crippen LogP) is 2.18. The minimum Gasteiger partial charge on any atom is -0.394 e. The fraction of sp³-hybridized carbons (Fsp3) is 0.889. The number of unbranched alkanes of at least 4 members (excludes halogenated alkanes) is 8. The number of aliphatic hydroxyl groups is 3. The smallest absolute Gasteiger partial charge is 0.111 e. The highest BCUT2D eigenvalue weighted by atomic mass is 16.6. The van der Waals surface area contributed by atoms with Gasteiger partial charge in [-0.3, -0.25) is 0 Å². The molecular weight excluding hydrogens is 296 g/mol. The molecule has 0 aliphatic carbocycles. The van der Waals surface area contributed by atoms with Gasteiger partial charge in [-0.2, -0.15) is 0 Å². The van der Waals surface area contributed by atoms with E-state index in [-0.39, 0.29) is 13.2 Å². The number of hydrogen-bond donors (Lipinski definition) is 3. The molecule has 1 saturated heterocycles. The van der Waals surface area contributed by atoms with E-state index in [1.54, 1.807) is 0 Å². The lowest BCUT2D eigenvalue weighted by molar-refractivity contribution is -0.208. The molecule has 3 N–H and O–H groups in total. The van der Waals surface area contributed by atoms with E-state index in [1.807, 2.05) is 6.08 Å². The van der Waals surface area contributed by atoms with E-state index in [1.165, 1.54) is 38.5 Å². The molecule has 0 bridgehead atoms. The van der Waals surface area contributed by atoms with Gasteiger partial charge in [-0.15, -0.1) is 6.58 Å². The zero-order valence-corrected chi connectivity index (χ0v) is 14.2. The van der Waals surface area contributed by atoms with Crippen LogP contribution in [0.15, 0.2) is 12.7 Å². The quantitative estimate of drug-likeness (QED) is 0.356. The zero-order chi connectivity index (χ0) is 16.9. The molecule has 0 aromatic carbocycles. The highest BCUT2D eigenvalue weighted by Crippen LogP contribution is 2.18. The first kappa shape index (κ1) is 20.6. The van der Waals surface area contributed by atoms with Crippen LogP contribution < -0.4 is 0 Å². The van der Waals surface area contributed by atoms with Crippen LogP contribution in [0.5, 0.6) is 0 Å². The second-order valence-corrected chi connectivity index (χ2v) is 6.35. The van der Waals surface area contributed by atoms with Crippen molar-refractivity contribution < 1.29 is 24.8 Å². The van der Waals surface area contributed by atoms with Gasteiger partial charge in [0.25, 0.3) is 0 Å². The van der Waals surface area contributed by atoms with Crippen LogP contribution in [0.2, 0.25) is 0 Å². The Labute approximate surface area is 140 Å². The standard InChI is InChI=1S/C18H34O5/c1-2-3-4-5-6-7-8-9-10-11-12-22-16-14-23-15(13-19)17(20)18(16)21/h2,15-21H,1,3-14H2/t15-,16+,17-,18-/m0/s1. The molecule has 0 aromatic heterocycles. The second kappa shape index (κ2) is 12.9. The minimum atomic E-state index is -1.08. The first-order valence-electron chi connectivity index (χ1n) is 9.01. The van der Waals surface area contributed by atoms with Crippen molar-refractivity contribution >= 4 is 0 Å². The van der Waals surface area contributed by atoms with E-state index in [2.05, 4.69) is 6.58 Å². The Hall–Kier alpha value is -0.460. The third kappa shape index (κ3) is 8.27. The maximum atomic E-state index is 9.93. The lowest BCUT2D eigenvalue weighted by Gasteiger charge is -2.36. The number of aliphatic hydroxyl groups excluding tert-OH is 3. The van der Waals surface area contributed by atoms with Crippen LogP contribution >= 0.6 is 0 Å². The summed E-state index contributed by atoms with van der Waals surface area (Å²) in [5.74, 6) is 0. The summed E-state index contributed by atoms with van der Waals surface area (Å²) in [6.07, 6.45) is 9.53. The molecule has 23 heavy (non-hydrogen) atoms. The van der Waals surface area contributed by atoms with E-state index in [9.17, 15) is 10.2 Å². The van der Waals surface area contributed by atoms with Gasteiger partial charge < -0.3 is 24.8 Å². The topological polar surface area (TPSA) is 79.2 Å². The maximum Gasteiger partial charge on any atom is 0.111 e. The summed E-state index contributed by atoms with van der Waals surface area (Å²) in [6.45, 7) is 4.22. The van der Waals surface area contributed by atoms with E-state index in [4.69, 9.17) is 14.6 Å². The average Bonchev–Trinajstić information content (AvgIpc) is 2.56. The molecule has 1 heterocycles. The molecule has 0 saturated carbocycles. The Bertz CT molecular complexity index is 297.